The van der Waals surface area contributed by atoms with E-state index in [1.165, 1.54) is 54.6 Å². The molecule has 2 heteroatoms. The number of furan rings is 1. The molecule has 0 saturated heterocycles. The highest BCUT2D eigenvalue weighted by Crippen LogP contribution is 2.44. The molecule has 0 bridgehead atoms. The lowest BCUT2D eigenvalue weighted by Crippen LogP contribution is -2.10. The van der Waals surface area contributed by atoms with Crippen molar-refractivity contribution >= 4 is 71.3 Å². The molecule has 0 amide bonds. The summed E-state index contributed by atoms with van der Waals surface area (Å²) in [4.78, 5) is 2.42. The van der Waals surface area contributed by atoms with E-state index in [9.17, 15) is 0 Å². The highest BCUT2D eigenvalue weighted by atomic mass is 16.3. The molecule has 0 radical (unpaired) electrons. The smallest absolute Gasteiger partial charge is 0.136 e. The van der Waals surface area contributed by atoms with Crippen LogP contribution >= 0.6 is 0 Å². The van der Waals surface area contributed by atoms with Crippen LogP contribution in [0.25, 0.3) is 98.8 Å². The molecule has 1 aromatic heterocycles. The van der Waals surface area contributed by atoms with E-state index >= 15 is 0 Å². The fraction of sp³-hybridized carbons (Fsp3) is 0. The van der Waals surface area contributed by atoms with Crippen LogP contribution in [0.15, 0.2) is 241 Å². The normalized spacial score (nSPS) is 11.5. The second-order valence-corrected chi connectivity index (χ2v) is 16.1. The van der Waals surface area contributed by atoms with Gasteiger partial charge in [0.25, 0.3) is 0 Å². The number of nitrogens with zero attached hydrogens (tertiary/aromatic N) is 1. The van der Waals surface area contributed by atoms with Crippen molar-refractivity contribution in [3.63, 3.8) is 0 Å². The molecular formula is C60H39NO. The second-order valence-electron chi connectivity index (χ2n) is 16.1. The van der Waals surface area contributed by atoms with Gasteiger partial charge in [-0.2, -0.15) is 0 Å². The van der Waals surface area contributed by atoms with Crippen molar-refractivity contribution in [3.8, 4) is 44.5 Å². The molecule has 0 N–H and O–H groups in total. The predicted molar refractivity (Wildman–Crippen MR) is 263 cm³/mol. The number of anilines is 3. The van der Waals surface area contributed by atoms with E-state index in [0.717, 1.165) is 61.3 Å². The maximum Gasteiger partial charge on any atom is 0.136 e. The standard InChI is InChI=1S/C60H39NO/c1-2-13-40(14-3-1)48-36-46-15-4-7-20-52(46)57(37-48)42-27-32-50(33-28-42)61(58-38-47-16-5-6-19-51(47)53-21-8-9-22-54(53)58)49-30-25-41(26-31-49)43-17-12-18-44(35-43)45-29-34-56-55-23-10-11-24-59(55)62-60(56)39-45/h1-39H. The number of hydrogen-bond donors (Lipinski definition) is 0. The van der Waals surface area contributed by atoms with Crippen LogP contribution in [0.4, 0.5) is 17.1 Å². The fourth-order valence-corrected chi connectivity index (χ4v) is 9.37. The summed E-state index contributed by atoms with van der Waals surface area (Å²) >= 11 is 0. The molecule has 0 aliphatic rings. The van der Waals surface area contributed by atoms with Gasteiger partial charge >= 0.3 is 0 Å². The van der Waals surface area contributed by atoms with Gasteiger partial charge in [-0.05, 0) is 138 Å². The van der Waals surface area contributed by atoms with Crippen LogP contribution in [-0.4, -0.2) is 0 Å². The van der Waals surface area contributed by atoms with Crippen LogP contribution in [0.2, 0.25) is 0 Å². The third-order valence-electron chi connectivity index (χ3n) is 12.4. The number of fused-ring (bicyclic) bond motifs is 7. The lowest BCUT2D eigenvalue weighted by Gasteiger charge is -2.28. The third kappa shape index (κ3) is 6.20. The number of benzene rings is 11. The molecule has 62 heavy (non-hydrogen) atoms. The van der Waals surface area contributed by atoms with E-state index in [-0.39, 0.29) is 0 Å². The molecule has 0 fully saturated rings. The van der Waals surface area contributed by atoms with Gasteiger partial charge in [-0.1, -0.05) is 170 Å². The molecule has 0 spiro atoms. The zero-order valence-corrected chi connectivity index (χ0v) is 33.9. The van der Waals surface area contributed by atoms with Crippen LogP contribution < -0.4 is 4.90 Å². The van der Waals surface area contributed by atoms with Crippen LogP contribution in [-0.2, 0) is 0 Å². The maximum absolute atomic E-state index is 6.25. The van der Waals surface area contributed by atoms with Crippen LogP contribution in [0.5, 0.6) is 0 Å². The van der Waals surface area contributed by atoms with E-state index in [4.69, 9.17) is 4.42 Å². The molecule has 12 rings (SSSR count). The van der Waals surface area contributed by atoms with Crippen molar-refractivity contribution in [2.75, 3.05) is 4.90 Å². The van der Waals surface area contributed by atoms with Crippen molar-refractivity contribution in [1.82, 2.24) is 0 Å². The lowest BCUT2D eigenvalue weighted by atomic mass is 9.93. The Morgan fingerprint density at radius 1 is 0.258 bits per heavy atom. The van der Waals surface area contributed by atoms with Gasteiger partial charge in [0.05, 0.1) is 5.69 Å². The van der Waals surface area contributed by atoms with Gasteiger partial charge in [0.15, 0.2) is 0 Å². The van der Waals surface area contributed by atoms with Crippen LogP contribution in [0.1, 0.15) is 0 Å². The highest BCUT2D eigenvalue weighted by molar-refractivity contribution is 6.15. The van der Waals surface area contributed by atoms with Crippen molar-refractivity contribution < 1.29 is 4.42 Å². The van der Waals surface area contributed by atoms with E-state index in [2.05, 4.69) is 229 Å². The fourth-order valence-electron chi connectivity index (χ4n) is 9.37. The lowest BCUT2D eigenvalue weighted by molar-refractivity contribution is 0.669. The van der Waals surface area contributed by atoms with Gasteiger partial charge in [-0.15, -0.1) is 0 Å². The van der Waals surface area contributed by atoms with Crippen molar-refractivity contribution in [2.24, 2.45) is 0 Å². The van der Waals surface area contributed by atoms with E-state index in [1.54, 1.807) is 0 Å². The minimum atomic E-state index is 0.904. The zero-order chi connectivity index (χ0) is 41.0. The molecule has 0 aliphatic carbocycles. The molecule has 0 saturated carbocycles. The Morgan fingerprint density at radius 2 is 0.774 bits per heavy atom. The number of para-hydroxylation sites is 1. The molecule has 290 valence electrons. The van der Waals surface area contributed by atoms with Crippen LogP contribution in [0, 0.1) is 0 Å². The van der Waals surface area contributed by atoms with Gasteiger partial charge in [-0.25, -0.2) is 0 Å². The Bertz CT molecular complexity index is 3620. The Balaban J connectivity index is 0.959. The minimum absolute atomic E-state index is 0.904. The second kappa shape index (κ2) is 14.8. The largest absolute Gasteiger partial charge is 0.456 e. The summed E-state index contributed by atoms with van der Waals surface area (Å²) in [6.45, 7) is 0. The predicted octanol–water partition coefficient (Wildman–Crippen LogP) is 17.2. The first-order valence-corrected chi connectivity index (χ1v) is 21.2. The number of rotatable bonds is 7. The SMILES string of the molecule is c1ccc(-c2cc(-c3ccc(N(c4ccc(-c5cccc(-c6ccc7c(c6)oc6ccccc67)c5)cc4)c4cc5ccccc5c5ccccc45)cc3)c3ccccc3c2)cc1. The molecule has 2 nitrogen and oxygen atoms in total. The van der Waals surface area contributed by atoms with Crippen molar-refractivity contribution in [3.05, 3.63) is 237 Å². The summed E-state index contributed by atoms with van der Waals surface area (Å²) in [6.07, 6.45) is 0. The minimum Gasteiger partial charge on any atom is -0.456 e. The van der Waals surface area contributed by atoms with E-state index < -0.39 is 0 Å². The third-order valence-corrected chi connectivity index (χ3v) is 12.4. The molecule has 11 aromatic carbocycles. The van der Waals surface area contributed by atoms with Gasteiger partial charge in [0.2, 0.25) is 0 Å². The van der Waals surface area contributed by atoms with Crippen LogP contribution in [0.3, 0.4) is 0 Å². The average molecular weight is 790 g/mol. The Morgan fingerprint density at radius 3 is 1.53 bits per heavy atom. The van der Waals surface area contributed by atoms with E-state index in [0.29, 0.717) is 0 Å². The first-order chi connectivity index (χ1) is 30.7. The van der Waals surface area contributed by atoms with Crippen molar-refractivity contribution in [2.45, 2.75) is 0 Å². The summed E-state index contributed by atoms with van der Waals surface area (Å²) < 4.78 is 6.25. The number of hydrogen-bond acceptors (Lipinski definition) is 2. The molecule has 0 aliphatic heterocycles. The monoisotopic (exact) mass is 789 g/mol. The first kappa shape index (κ1) is 35.7. The average Bonchev–Trinajstić information content (AvgIpc) is 3.73. The Kier molecular flexibility index (Phi) is 8.53. The zero-order valence-electron chi connectivity index (χ0n) is 33.9. The maximum atomic E-state index is 6.25. The highest BCUT2D eigenvalue weighted by Gasteiger charge is 2.19. The molecule has 0 atom stereocenters. The Labute approximate surface area is 360 Å². The summed E-state index contributed by atoms with van der Waals surface area (Å²) in [5.74, 6) is 0. The quantitative estimate of drug-likeness (QED) is 0.150. The summed E-state index contributed by atoms with van der Waals surface area (Å²) in [7, 11) is 0. The van der Waals surface area contributed by atoms with Gasteiger partial charge in [-0.3, -0.25) is 0 Å². The van der Waals surface area contributed by atoms with Gasteiger partial charge in [0, 0.05) is 27.5 Å². The first-order valence-electron chi connectivity index (χ1n) is 21.2. The van der Waals surface area contributed by atoms with Crippen molar-refractivity contribution in [1.29, 1.82) is 0 Å². The summed E-state index contributed by atoms with van der Waals surface area (Å²) in [5, 5.41) is 9.66. The topological polar surface area (TPSA) is 16.4 Å². The summed E-state index contributed by atoms with van der Waals surface area (Å²) in [6, 6.07) is 85.6. The molecule has 12 aromatic rings. The Hall–Kier alpha value is -8.20. The van der Waals surface area contributed by atoms with Gasteiger partial charge in [0.1, 0.15) is 11.2 Å². The van der Waals surface area contributed by atoms with Gasteiger partial charge < -0.3 is 9.32 Å². The molecule has 0 unspecified atom stereocenters. The summed E-state index contributed by atoms with van der Waals surface area (Å²) in [5.41, 5.74) is 14.6. The van der Waals surface area contributed by atoms with E-state index in [1.807, 2.05) is 12.1 Å². The molecule has 1 heterocycles. The molecular weight excluding hydrogens is 751 g/mol.